The van der Waals surface area contributed by atoms with Gasteiger partial charge in [0.25, 0.3) is 0 Å². The molecular formula is C27H33NO5. The molecule has 6 nitrogen and oxygen atoms in total. The Bertz CT molecular complexity index is 997. The molecule has 0 bridgehead atoms. The molecule has 0 spiro atoms. The van der Waals surface area contributed by atoms with Gasteiger partial charge in [0, 0.05) is 24.0 Å². The van der Waals surface area contributed by atoms with Crippen LogP contribution in [0.2, 0.25) is 0 Å². The number of hydrogen-bond acceptors (Lipinski definition) is 6. The molecule has 0 aromatic heterocycles. The maximum Gasteiger partial charge on any atom is 0.166 e. The minimum atomic E-state index is -0.411. The fourth-order valence-corrected chi connectivity index (χ4v) is 4.56. The average molecular weight is 452 g/mol. The average Bonchev–Trinajstić information content (AvgIpc) is 3.20. The first kappa shape index (κ1) is 23.6. The minimum Gasteiger partial charge on any atom is -0.491 e. The monoisotopic (exact) mass is 451 g/mol. The zero-order chi connectivity index (χ0) is 23.4. The Labute approximate surface area is 195 Å². The summed E-state index contributed by atoms with van der Waals surface area (Å²) in [5.41, 5.74) is 8.47. The first-order valence-corrected chi connectivity index (χ1v) is 11.8. The molecule has 2 aliphatic heterocycles. The lowest BCUT2D eigenvalue weighted by Crippen LogP contribution is -2.41. The summed E-state index contributed by atoms with van der Waals surface area (Å²) in [6.07, 6.45) is 2.83. The molecule has 2 aromatic carbocycles. The number of Topliss-reactive ketones (excluding diaryl/α,β-unsaturated/α-hetero) is 2. The molecular weight excluding hydrogens is 418 g/mol. The number of fused-ring (bicyclic) bond motifs is 1. The van der Waals surface area contributed by atoms with E-state index in [0.717, 1.165) is 30.4 Å². The summed E-state index contributed by atoms with van der Waals surface area (Å²) < 4.78 is 17.2. The second-order valence-corrected chi connectivity index (χ2v) is 9.19. The van der Waals surface area contributed by atoms with E-state index in [1.54, 1.807) is 6.07 Å². The summed E-state index contributed by atoms with van der Waals surface area (Å²) in [5, 5.41) is 0. The van der Waals surface area contributed by atoms with Gasteiger partial charge in [0.05, 0.1) is 30.2 Å². The van der Waals surface area contributed by atoms with E-state index in [1.807, 2.05) is 31.2 Å². The highest BCUT2D eigenvalue weighted by Crippen LogP contribution is 2.46. The maximum atomic E-state index is 13.1. The van der Waals surface area contributed by atoms with Gasteiger partial charge in [-0.25, -0.2) is 0 Å². The summed E-state index contributed by atoms with van der Waals surface area (Å²) in [6, 6.07) is 13.7. The van der Waals surface area contributed by atoms with E-state index in [-0.39, 0.29) is 23.9 Å². The smallest absolute Gasteiger partial charge is 0.166 e. The predicted molar refractivity (Wildman–Crippen MR) is 126 cm³/mol. The van der Waals surface area contributed by atoms with Crippen LogP contribution in [0.4, 0.5) is 0 Å². The number of hydrogen-bond donors (Lipinski definition) is 1. The van der Waals surface area contributed by atoms with E-state index in [0.29, 0.717) is 49.5 Å². The van der Waals surface area contributed by atoms with Crippen LogP contribution in [0.5, 0.6) is 5.75 Å². The molecule has 0 saturated carbocycles. The van der Waals surface area contributed by atoms with Crippen molar-refractivity contribution in [1.82, 2.24) is 0 Å². The molecule has 6 heteroatoms. The predicted octanol–water partition coefficient (Wildman–Crippen LogP) is 4.42. The lowest BCUT2D eigenvalue weighted by Gasteiger charge is -2.27. The fraction of sp³-hybridized carbons (Fsp3) is 0.481. The van der Waals surface area contributed by atoms with Crippen molar-refractivity contribution in [2.75, 3.05) is 19.8 Å². The van der Waals surface area contributed by atoms with Crippen LogP contribution in [0.3, 0.4) is 0 Å². The standard InChI is InChI=1S/C27H33NO5/c1-3-23(29)21-13-18(24(30)11-7-8-12-25-31-15-20(28)16-32-25)14-22-26(21)33-17-27(22,2)19-9-5-4-6-10-19/h4-6,9-10,13-14,20,25H,3,7-8,11-12,15-17,28H2,1-2H3/t20?,25?,27-/m0/s1. The quantitative estimate of drug-likeness (QED) is 0.449. The van der Waals surface area contributed by atoms with Crippen LogP contribution in [0.25, 0.3) is 0 Å². The Kier molecular flexibility index (Phi) is 7.27. The molecule has 0 radical (unpaired) electrons. The van der Waals surface area contributed by atoms with Gasteiger partial charge in [0.15, 0.2) is 17.9 Å². The van der Waals surface area contributed by atoms with Gasteiger partial charge in [-0.15, -0.1) is 0 Å². The molecule has 1 atom stereocenters. The van der Waals surface area contributed by atoms with Gasteiger partial charge in [-0.1, -0.05) is 37.3 Å². The summed E-state index contributed by atoms with van der Waals surface area (Å²) in [6.45, 7) is 5.40. The highest BCUT2D eigenvalue weighted by atomic mass is 16.7. The molecule has 1 saturated heterocycles. The third-order valence-electron chi connectivity index (χ3n) is 6.63. The van der Waals surface area contributed by atoms with Crippen LogP contribution in [0, 0.1) is 0 Å². The van der Waals surface area contributed by atoms with Gasteiger partial charge in [-0.2, -0.15) is 0 Å². The molecule has 4 rings (SSSR count). The van der Waals surface area contributed by atoms with Gasteiger partial charge < -0.3 is 19.9 Å². The molecule has 2 aromatic rings. The molecule has 2 aliphatic rings. The molecule has 0 amide bonds. The van der Waals surface area contributed by atoms with Gasteiger partial charge in [0.2, 0.25) is 0 Å². The molecule has 33 heavy (non-hydrogen) atoms. The minimum absolute atomic E-state index is 0.0111. The Balaban J connectivity index is 1.51. The number of carbonyl (C=O) groups is 2. The van der Waals surface area contributed by atoms with Crippen LogP contribution < -0.4 is 10.5 Å². The maximum absolute atomic E-state index is 13.1. The molecule has 0 unspecified atom stereocenters. The van der Waals surface area contributed by atoms with E-state index >= 15 is 0 Å². The number of carbonyl (C=O) groups excluding carboxylic acids is 2. The highest BCUT2D eigenvalue weighted by molar-refractivity contribution is 6.04. The normalized spacial score (nSPS) is 24.2. The second-order valence-electron chi connectivity index (χ2n) is 9.19. The van der Waals surface area contributed by atoms with Crippen molar-refractivity contribution in [2.45, 2.75) is 63.7 Å². The van der Waals surface area contributed by atoms with Crippen LogP contribution in [-0.2, 0) is 14.9 Å². The Morgan fingerprint density at radius 1 is 1.06 bits per heavy atom. The third kappa shape index (κ3) is 5.03. The zero-order valence-corrected chi connectivity index (χ0v) is 19.5. The van der Waals surface area contributed by atoms with E-state index in [4.69, 9.17) is 19.9 Å². The molecule has 1 fully saturated rings. The van der Waals surface area contributed by atoms with Crippen LogP contribution in [0.1, 0.15) is 77.8 Å². The molecule has 0 aliphatic carbocycles. The molecule has 2 heterocycles. The van der Waals surface area contributed by atoms with Crippen molar-refractivity contribution in [3.05, 3.63) is 64.7 Å². The largest absolute Gasteiger partial charge is 0.491 e. The summed E-state index contributed by atoms with van der Waals surface area (Å²) in [5.74, 6) is 0.648. The lowest BCUT2D eigenvalue weighted by atomic mass is 9.76. The van der Waals surface area contributed by atoms with E-state index in [1.165, 1.54) is 0 Å². The van der Waals surface area contributed by atoms with Crippen LogP contribution >= 0.6 is 0 Å². The van der Waals surface area contributed by atoms with Crippen molar-refractivity contribution in [3.8, 4) is 5.75 Å². The number of rotatable bonds is 9. The van der Waals surface area contributed by atoms with E-state index in [9.17, 15) is 9.59 Å². The number of unbranched alkanes of at least 4 members (excludes halogenated alkanes) is 1. The summed E-state index contributed by atoms with van der Waals surface area (Å²) in [4.78, 5) is 25.8. The Morgan fingerprint density at radius 3 is 2.48 bits per heavy atom. The van der Waals surface area contributed by atoms with E-state index < -0.39 is 5.41 Å². The summed E-state index contributed by atoms with van der Waals surface area (Å²) >= 11 is 0. The molecule has 176 valence electrons. The topological polar surface area (TPSA) is 87.9 Å². The van der Waals surface area contributed by atoms with Crippen molar-refractivity contribution in [3.63, 3.8) is 0 Å². The van der Waals surface area contributed by atoms with Gasteiger partial charge in [0.1, 0.15) is 12.4 Å². The number of nitrogens with two attached hydrogens (primary N) is 1. The fourth-order valence-electron chi connectivity index (χ4n) is 4.56. The Morgan fingerprint density at radius 2 is 1.79 bits per heavy atom. The van der Waals surface area contributed by atoms with Crippen molar-refractivity contribution in [2.24, 2.45) is 5.73 Å². The SMILES string of the molecule is CCC(=O)c1cc(C(=O)CCCCC2OCC(N)CO2)cc2c1OC[C@@]2(C)c1ccccc1. The lowest BCUT2D eigenvalue weighted by molar-refractivity contribution is -0.188. The summed E-state index contributed by atoms with van der Waals surface area (Å²) in [7, 11) is 0. The van der Waals surface area contributed by atoms with Gasteiger partial charge in [-0.05, 0) is 43.9 Å². The van der Waals surface area contributed by atoms with Crippen molar-refractivity contribution in [1.29, 1.82) is 0 Å². The molecule has 2 N–H and O–H groups in total. The third-order valence-corrected chi connectivity index (χ3v) is 6.63. The highest BCUT2D eigenvalue weighted by Gasteiger charge is 2.40. The number of ether oxygens (including phenoxy) is 3. The van der Waals surface area contributed by atoms with Gasteiger partial charge in [-0.3, -0.25) is 9.59 Å². The van der Waals surface area contributed by atoms with E-state index in [2.05, 4.69) is 19.1 Å². The van der Waals surface area contributed by atoms with Gasteiger partial charge >= 0.3 is 0 Å². The first-order chi connectivity index (χ1) is 15.9. The van der Waals surface area contributed by atoms with Crippen molar-refractivity contribution >= 4 is 11.6 Å². The zero-order valence-electron chi connectivity index (χ0n) is 19.5. The second kappa shape index (κ2) is 10.2. The van der Waals surface area contributed by atoms with Crippen molar-refractivity contribution < 1.29 is 23.8 Å². The van der Waals surface area contributed by atoms with Crippen LogP contribution in [-0.4, -0.2) is 43.7 Å². The Hall–Kier alpha value is -2.54. The number of ketones is 2. The van der Waals surface area contributed by atoms with Crippen LogP contribution in [0.15, 0.2) is 42.5 Å². The first-order valence-electron chi connectivity index (χ1n) is 11.8. The number of benzene rings is 2.